The van der Waals surface area contributed by atoms with Crippen molar-refractivity contribution in [2.45, 2.75) is 37.8 Å². The first-order valence-electron chi connectivity index (χ1n) is 9.51. The zero-order chi connectivity index (χ0) is 18.1. The summed E-state index contributed by atoms with van der Waals surface area (Å²) in [5, 5.41) is 3.70. The molecule has 2 aromatic rings. The highest BCUT2D eigenvalue weighted by Gasteiger charge is 2.28. The van der Waals surface area contributed by atoms with Crippen molar-refractivity contribution in [1.29, 1.82) is 0 Å². The molecule has 4 rings (SSSR count). The number of amides is 1. The SMILES string of the molecule is CN1CCC(N2CCC(NC(=O)c3cc4c(F)cccc4s3)CC2)CC1. The molecule has 0 atom stereocenters. The average Bonchev–Trinajstić information content (AvgIpc) is 3.09. The quantitative estimate of drug-likeness (QED) is 0.894. The topological polar surface area (TPSA) is 35.6 Å². The summed E-state index contributed by atoms with van der Waals surface area (Å²) >= 11 is 1.36. The molecule has 0 bridgehead atoms. The van der Waals surface area contributed by atoms with Crippen LogP contribution in [-0.4, -0.2) is 61.0 Å². The molecule has 1 amide bonds. The van der Waals surface area contributed by atoms with E-state index in [9.17, 15) is 9.18 Å². The van der Waals surface area contributed by atoms with E-state index in [0.717, 1.165) is 30.6 Å². The Morgan fingerprint density at radius 3 is 2.58 bits per heavy atom. The Morgan fingerprint density at radius 1 is 1.15 bits per heavy atom. The largest absolute Gasteiger partial charge is 0.349 e. The van der Waals surface area contributed by atoms with Crippen molar-refractivity contribution in [3.05, 3.63) is 35.0 Å². The maximum Gasteiger partial charge on any atom is 0.261 e. The minimum Gasteiger partial charge on any atom is -0.349 e. The number of carbonyl (C=O) groups is 1. The van der Waals surface area contributed by atoms with Crippen LogP contribution in [0.15, 0.2) is 24.3 Å². The van der Waals surface area contributed by atoms with Crippen molar-refractivity contribution in [3.63, 3.8) is 0 Å². The van der Waals surface area contributed by atoms with Gasteiger partial charge in [0.2, 0.25) is 0 Å². The van der Waals surface area contributed by atoms with Gasteiger partial charge in [0.1, 0.15) is 5.82 Å². The third kappa shape index (κ3) is 3.77. The molecule has 2 aliphatic rings. The summed E-state index contributed by atoms with van der Waals surface area (Å²) in [5.41, 5.74) is 0. The van der Waals surface area contributed by atoms with Gasteiger partial charge in [-0.25, -0.2) is 4.39 Å². The molecule has 0 spiro atoms. The molecular weight excluding hydrogens is 349 g/mol. The fourth-order valence-electron chi connectivity index (χ4n) is 4.16. The van der Waals surface area contributed by atoms with Crippen molar-refractivity contribution in [2.75, 3.05) is 33.2 Å². The van der Waals surface area contributed by atoms with Crippen molar-refractivity contribution < 1.29 is 9.18 Å². The molecule has 140 valence electrons. The molecule has 2 aliphatic heterocycles. The molecule has 26 heavy (non-hydrogen) atoms. The molecule has 2 fully saturated rings. The Hall–Kier alpha value is -1.50. The van der Waals surface area contributed by atoms with Gasteiger partial charge in [-0.1, -0.05) is 6.07 Å². The van der Waals surface area contributed by atoms with Crippen LogP contribution in [-0.2, 0) is 0 Å². The van der Waals surface area contributed by atoms with Gasteiger partial charge in [-0.2, -0.15) is 0 Å². The van der Waals surface area contributed by atoms with E-state index in [1.54, 1.807) is 12.1 Å². The lowest BCUT2D eigenvalue weighted by Gasteiger charge is -2.41. The third-order valence-corrected chi connectivity index (χ3v) is 6.90. The van der Waals surface area contributed by atoms with E-state index < -0.39 is 0 Å². The fraction of sp³-hybridized carbons (Fsp3) is 0.550. The molecule has 4 nitrogen and oxygen atoms in total. The zero-order valence-electron chi connectivity index (χ0n) is 15.2. The monoisotopic (exact) mass is 375 g/mol. The summed E-state index contributed by atoms with van der Waals surface area (Å²) in [6.07, 6.45) is 4.50. The van der Waals surface area contributed by atoms with Gasteiger partial charge in [0, 0.05) is 35.3 Å². The second kappa shape index (κ2) is 7.62. The van der Waals surface area contributed by atoms with Crippen molar-refractivity contribution in [3.8, 4) is 0 Å². The minimum atomic E-state index is -0.260. The van der Waals surface area contributed by atoms with E-state index in [1.165, 1.54) is 43.3 Å². The predicted molar refractivity (Wildman–Crippen MR) is 104 cm³/mol. The number of thiophene rings is 1. The van der Waals surface area contributed by atoms with Crippen LogP contribution in [0.25, 0.3) is 10.1 Å². The summed E-state index contributed by atoms with van der Waals surface area (Å²) in [7, 11) is 2.19. The number of benzene rings is 1. The first-order valence-corrected chi connectivity index (χ1v) is 10.3. The summed E-state index contributed by atoms with van der Waals surface area (Å²) in [4.78, 5) is 18.2. The number of hydrogen-bond acceptors (Lipinski definition) is 4. The van der Waals surface area contributed by atoms with E-state index >= 15 is 0 Å². The van der Waals surface area contributed by atoms with Gasteiger partial charge in [0.25, 0.3) is 5.91 Å². The molecule has 0 aliphatic carbocycles. The summed E-state index contributed by atoms with van der Waals surface area (Å²) in [6, 6.07) is 7.59. The molecule has 2 saturated heterocycles. The number of carbonyl (C=O) groups excluding carboxylic acids is 1. The van der Waals surface area contributed by atoms with E-state index in [1.807, 2.05) is 6.07 Å². The number of rotatable bonds is 3. The van der Waals surface area contributed by atoms with Crippen LogP contribution < -0.4 is 5.32 Å². The maximum absolute atomic E-state index is 13.8. The fourth-order valence-corrected chi connectivity index (χ4v) is 5.14. The van der Waals surface area contributed by atoms with Gasteiger partial charge >= 0.3 is 0 Å². The van der Waals surface area contributed by atoms with Crippen molar-refractivity contribution in [1.82, 2.24) is 15.1 Å². The molecule has 6 heteroatoms. The number of nitrogens with one attached hydrogen (secondary N) is 1. The van der Waals surface area contributed by atoms with Gasteiger partial charge in [0.15, 0.2) is 0 Å². The van der Waals surface area contributed by atoms with Crippen molar-refractivity contribution >= 4 is 27.3 Å². The van der Waals surface area contributed by atoms with Gasteiger partial charge in [0.05, 0.1) is 4.88 Å². The number of hydrogen-bond donors (Lipinski definition) is 1. The molecule has 0 radical (unpaired) electrons. The molecule has 0 unspecified atom stereocenters. The predicted octanol–water partition coefficient (Wildman–Crippen LogP) is 3.33. The number of piperidine rings is 2. The van der Waals surface area contributed by atoms with Crippen LogP contribution in [0.3, 0.4) is 0 Å². The van der Waals surface area contributed by atoms with Crippen molar-refractivity contribution in [2.24, 2.45) is 0 Å². The molecule has 3 heterocycles. The second-order valence-electron chi connectivity index (χ2n) is 7.58. The Bertz CT molecular complexity index is 776. The first kappa shape index (κ1) is 17.9. The second-order valence-corrected chi connectivity index (χ2v) is 8.66. The number of fused-ring (bicyclic) bond motifs is 1. The minimum absolute atomic E-state index is 0.0664. The van der Waals surface area contributed by atoms with Gasteiger partial charge in [-0.15, -0.1) is 11.3 Å². The Balaban J connectivity index is 1.32. The van der Waals surface area contributed by atoms with E-state index in [0.29, 0.717) is 16.3 Å². The van der Waals surface area contributed by atoms with Gasteiger partial charge in [-0.3, -0.25) is 4.79 Å². The number of nitrogens with zero attached hydrogens (tertiary/aromatic N) is 2. The highest BCUT2D eigenvalue weighted by atomic mass is 32.1. The molecular formula is C20H26FN3OS. The lowest BCUT2D eigenvalue weighted by molar-refractivity contribution is 0.0809. The third-order valence-electron chi connectivity index (χ3n) is 5.80. The molecule has 1 aromatic heterocycles. The van der Waals surface area contributed by atoms with Crippen LogP contribution in [0.2, 0.25) is 0 Å². The lowest BCUT2D eigenvalue weighted by Crippen LogP contribution is -2.50. The normalized spacial score (nSPS) is 21.3. The van der Waals surface area contributed by atoms with Crippen LogP contribution >= 0.6 is 11.3 Å². The molecule has 1 aromatic carbocycles. The summed E-state index contributed by atoms with van der Waals surface area (Å²) < 4.78 is 14.7. The first-order chi connectivity index (χ1) is 12.6. The van der Waals surface area contributed by atoms with Gasteiger partial charge < -0.3 is 15.1 Å². The Morgan fingerprint density at radius 2 is 1.88 bits per heavy atom. The zero-order valence-corrected chi connectivity index (χ0v) is 16.0. The average molecular weight is 376 g/mol. The standard InChI is InChI=1S/C20H26FN3OS/c1-23-9-7-15(8-10-23)24-11-5-14(6-12-24)22-20(25)19-13-16-17(21)3-2-4-18(16)26-19/h2-4,13-15H,5-12H2,1H3,(H,22,25). The van der Waals surface area contributed by atoms with Gasteiger partial charge in [-0.05, 0) is 64.0 Å². The number of likely N-dealkylation sites (tertiary alicyclic amines) is 2. The molecule has 0 saturated carbocycles. The van der Waals surface area contributed by atoms with Crippen LogP contribution in [0, 0.1) is 5.82 Å². The van der Waals surface area contributed by atoms with Crippen LogP contribution in [0.5, 0.6) is 0 Å². The molecule has 1 N–H and O–H groups in total. The Kier molecular flexibility index (Phi) is 5.25. The smallest absolute Gasteiger partial charge is 0.261 e. The Labute approximate surface area is 158 Å². The maximum atomic E-state index is 13.8. The van der Waals surface area contributed by atoms with Crippen LogP contribution in [0.1, 0.15) is 35.4 Å². The lowest BCUT2D eigenvalue weighted by atomic mass is 9.98. The van der Waals surface area contributed by atoms with E-state index in [2.05, 4.69) is 22.2 Å². The number of halogens is 1. The highest BCUT2D eigenvalue weighted by Crippen LogP contribution is 2.28. The van der Waals surface area contributed by atoms with E-state index in [4.69, 9.17) is 0 Å². The van der Waals surface area contributed by atoms with Crippen LogP contribution in [0.4, 0.5) is 4.39 Å². The summed E-state index contributed by atoms with van der Waals surface area (Å²) in [6.45, 7) is 4.48. The van der Waals surface area contributed by atoms with E-state index in [-0.39, 0.29) is 17.8 Å². The highest BCUT2D eigenvalue weighted by molar-refractivity contribution is 7.20. The summed E-state index contributed by atoms with van der Waals surface area (Å²) in [5.74, 6) is -0.326.